The normalized spacial score (nSPS) is 14.4. The van der Waals surface area contributed by atoms with Crippen LogP contribution < -0.4 is 5.32 Å². The van der Waals surface area contributed by atoms with Crippen LogP contribution in [0.25, 0.3) is 0 Å². The third-order valence-electron chi connectivity index (χ3n) is 2.98. The molecular formula is C14H21F2NOS. The molecule has 0 fully saturated rings. The van der Waals surface area contributed by atoms with E-state index in [1.54, 1.807) is 0 Å². The number of halogens is 2. The number of likely N-dealkylation sites (N-methyl/N-ethyl adjacent to an activating group) is 1. The van der Waals surface area contributed by atoms with Gasteiger partial charge in [-0.1, -0.05) is 6.92 Å². The number of aliphatic hydroxyl groups excluding tert-OH is 1. The Labute approximate surface area is 117 Å². The molecular weight excluding hydrogens is 268 g/mol. The van der Waals surface area contributed by atoms with E-state index in [1.807, 2.05) is 13.8 Å². The lowest BCUT2D eigenvalue weighted by molar-refractivity contribution is 0.167. The summed E-state index contributed by atoms with van der Waals surface area (Å²) in [5.41, 5.74) is -0.296. The molecule has 0 aliphatic carbocycles. The molecule has 1 aromatic carbocycles. The first-order valence-corrected chi connectivity index (χ1v) is 7.43. The van der Waals surface area contributed by atoms with Crippen LogP contribution in [0.4, 0.5) is 8.78 Å². The quantitative estimate of drug-likeness (QED) is 0.569. The summed E-state index contributed by atoms with van der Waals surface area (Å²) in [5, 5.41) is 12.6. The van der Waals surface area contributed by atoms with Crippen LogP contribution in [0, 0.1) is 11.6 Å². The lowest BCUT2D eigenvalue weighted by Crippen LogP contribution is -2.45. The smallest absolute Gasteiger partial charge is 0.136 e. The van der Waals surface area contributed by atoms with Gasteiger partial charge in [0, 0.05) is 10.4 Å². The monoisotopic (exact) mass is 289 g/mol. The number of rotatable bonds is 8. The largest absolute Gasteiger partial charge is 0.394 e. The van der Waals surface area contributed by atoms with E-state index in [9.17, 15) is 13.9 Å². The van der Waals surface area contributed by atoms with Crippen molar-refractivity contribution in [1.29, 1.82) is 0 Å². The predicted octanol–water partition coefficient (Wildman–Crippen LogP) is 3.20. The van der Waals surface area contributed by atoms with Crippen LogP contribution in [-0.2, 0) is 0 Å². The van der Waals surface area contributed by atoms with Crippen molar-refractivity contribution in [3.8, 4) is 0 Å². The maximum atomic E-state index is 13.4. The molecule has 5 heteroatoms. The average Bonchev–Trinajstić information content (AvgIpc) is 2.39. The highest BCUT2D eigenvalue weighted by Gasteiger charge is 2.20. The Kier molecular flexibility index (Phi) is 6.75. The number of hydrogen-bond donors (Lipinski definition) is 2. The summed E-state index contributed by atoms with van der Waals surface area (Å²) in [6, 6.07) is 3.48. The fourth-order valence-corrected chi connectivity index (χ4v) is 2.79. The van der Waals surface area contributed by atoms with E-state index < -0.39 is 5.82 Å². The van der Waals surface area contributed by atoms with Crippen LogP contribution >= 0.6 is 11.8 Å². The van der Waals surface area contributed by atoms with Gasteiger partial charge in [-0.15, -0.1) is 11.8 Å². The van der Waals surface area contributed by atoms with Gasteiger partial charge < -0.3 is 10.4 Å². The van der Waals surface area contributed by atoms with E-state index in [4.69, 9.17) is 0 Å². The second kappa shape index (κ2) is 7.82. The Hall–Kier alpha value is -0.650. The summed E-state index contributed by atoms with van der Waals surface area (Å²) in [6.45, 7) is 4.82. The van der Waals surface area contributed by atoms with E-state index >= 15 is 0 Å². The molecule has 0 saturated carbocycles. The highest BCUT2D eigenvalue weighted by atomic mass is 32.2. The molecule has 0 saturated heterocycles. The van der Waals surface area contributed by atoms with Gasteiger partial charge in [0.05, 0.1) is 6.61 Å². The van der Waals surface area contributed by atoms with Crippen LogP contribution in [0.2, 0.25) is 0 Å². The van der Waals surface area contributed by atoms with Crippen molar-refractivity contribution in [3.05, 3.63) is 29.8 Å². The topological polar surface area (TPSA) is 32.3 Å². The minimum Gasteiger partial charge on any atom is -0.394 e. The average molecular weight is 289 g/mol. The standard InChI is InChI=1S/C14H21F2NOS/c1-3-17-14(2,10-18)7-4-8-19-13-9-11(15)5-6-12(13)16/h5-6,9,17-18H,3-4,7-8,10H2,1-2H3. The fourth-order valence-electron chi connectivity index (χ4n) is 1.88. The Morgan fingerprint density at radius 3 is 2.74 bits per heavy atom. The van der Waals surface area contributed by atoms with Gasteiger partial charge >= 0.3 is 0 Å². The number of aliphatic hydroxyl groups is 1. The highest BCUT2D eigenvalue weighted by Crippen LogP contribution is 2.24. The van der Waals surface area contributed by atoms with Crippen molar-refractivity contribution in [3.63, 3.8) is 0 Å². The van der Waals surface area contributed by atoms with Gasteiger partial charge in [-0.3, -0.25) is 0 Å². The second-order valence-electron chi connectivity index (χ2n) is 4.78. The molecule has 108 valence electrons. The molecule has 2 nitrogen and oxygen atoms in total. The summed E-state index contributed by atoms with van der Waals surface area (Å²) >= 11 is 1.31. The number of thioether (sulfide) groups is 1. The van der Waals surface area contributed by atoms with Gasteiger partial charge in [0.25, 0.3) is 0 Å². The molecule has 1 rings (SSSR count). The zero-order chi connectivity index (χ0) is 14.3. The predicted molar refractivity (Wildman–Crippen MR) is 75.5 cm³/mol. The molecule has 0 heterocycles. The number of benzene rings is 1. The third kappa shape index (κ3) is 5.47. The van der Waals surface area contributed by atoms with Crippen LogP contribution in [0.1, 0.15) is 26.7 Å². The van der Waals surface area contributed by atoms with E-state index in [-0.39, 0.29) is 18.0 Å². The molecule has 0 aliphatic heterocycles. The van der Waals surface area contributed by atoms with Gasteiger partial charge in [0.1, 0.15) is 11.6 Å². The van der Waals surface area contributed by atoms with E-state index in [1.165, 1.54) is 17.8 Å². The maximum Gasteiger partial charge on any atom is 0.136 e. The summed E-state index contributed by atoms with van der Waals surface area (Å²) in [6.07, 6.45) is 1.62. The fraction of sp³-hybridized carbons (Fsp3) is 0.571. The molecule has 2 N–H and O–H groups in total. The molecule has 0 aliphatic rings. The molecule has 0 bridgehead atoms. The van der Waals surface area contributed by atoms with Crippen molar-refractivity contribution in [2.75, 3.05) is 18.9 Å². The van der Waals surface area contributed by atoms with Crippen LogP contribution in [0.15, 0.2) is 23.1 Å². The SMILES string of the molecule is CCNC(C)(CO)CCCSc1cc(F)ccc1F. The first-order chi connectivity index (χ1) is 9.00. The van der Waals surface area contributed by atoms with Crippen molar-refractivity contribution in [1.82, 2.24) is 5.32 Å². The van der Waals surface area contributed by atoms with E-state index in [0.29, 0.717) is 10.6 Å². The lowest BCUT2D eigenvalue weighted by Gasteiger charge is -2.28. The first-order valence-electron chi connectivity index (χ1n) is 6.44. The Morgan fingerprint density at radius 1 is 1.37 bits per heavy atom. The maximum absolute atomic E-state index is 13.4. The minimum atomic E-state index is -0.420. The molecule has 19 heavy (non-hydrogen) atoms. The van der Waals surface area contributed by atoms with Gasteiger partial charge in [-0.2, -0.15) is 0 Å². The minimum absolute atomic E-state index is 0.0693. The zero-order valence-electron chi connectivity index (χ0n) is 11.4. The molecule has 1 atom stereocenters. The van der Waals surface area contributed by atoms with Gasteiger partial charge in [0.15, 0.2) is 0 Å². The lowest BCUT2D eigenvalue weighted by atomic mass is 9.97. The van der Waals surface area contributed by atoms with E-state index in [2.05, 4.69) is 5.32 Å². The Morgan fingerprint density at radius 2 is 2.11 bits per heavy atom. The van der Waals surface area contributed by atoms with Crippen LogP contribution in [0.5, 0.6) is 0 Å². The zero-order valence-corrected chi connectivity index (χ0v) is 12.2. The summed E-state index contributed by atoms with van der Waals surface area (Å²) in [5.74, 6) is -0.110. The molecule has 1 aromatic rings. The van der Waals surface area contributed by atoms with Crippen LogP contribution in [0.3, 0.4) is 0 Å². The molecule has 0 radical (unpaired) electrons. The second-order valence-corrected chi connectivity index (χ2v) is 5.91. The Balaban J connectivity index is 2.40. The molecule has 0 aromatic heterocycles. The number of nitrogens with one attached hydrogen (secondary N) is 1. The van der Waals surface area contributed by atoms with Crippen molar-refractivity contribution in [2.24, 2.45) is 0 Å². The first kappa shape index (κ1) is 16.4. The summed E-state index contributed by atoms with van der Waals surface area (Å²) in [4.78, 5) is 0.342. The summed E-state index contributed by atoms with van der Waals surface area (Å²) < 4.78 is 26.4. The van der Waals surface area contributed by atoms with E-state index in [0.717, 1.165) is 31.5 Å². The van der Waals surface area contributed by atoms with Crippen molar-refractivity contribution < 1.29 is 13.9 Å². The van der Waals surface area contributed by atoms with Crippen molar-refractivity contribution >= 4 is 11.8 Å². The third-order valence-corrected chi connectivity index (χ3v) is 4.09. The van der Waals surface area contributed by atoms with Crippen LogP contribution in [-0.4, -0.2) is 29.5 Å². The van der Waals surface area contributed by atoms with Gasteiger partial charge in [-0.05, 0) is 50.3 Å². The molecule has 0 spiro atoms. The number of hydrogen-bond acceptors (Lipinski definition) is 3. The highest BCUT2D eigenvalue weighted by molar-refractivity contribution is 7.99. The van der Waals surface area contributed by atoms with Crippen molar-refractivity contribution in [2.45, 2.75) is 37.1 Å². The van der Waals surface area contributed by atoms with Gasteiger partial charge in [0.2, 0.25) is 0 Å². The van der Waals surface area contributed by atoms with Gasteiger partial charge in [-0.25, -0.2) is 8.78 Å². The summed E-state index contributed by atoms with van der Waals surface area (Å²) in [7, 11) is 0. The molecule has 0 amide bonds. The molecule has 1 unspecified atom stereocenters. The Bertz CT molecular complexity index is 403.